The van der Waals surface area contributed by atoms with E-state index in [1.165, 1.54) is 0 Å². The standard InChI is InChI=1S/C12H22N2O2/c13-10-4-1-3-9(7-10)11(16)14-12(8-15)5-2-6-12/h9-10,15H,1-8,13H2,(H,14,16). The van der Waals surface area contributed by atoms with Gasteiger partial charge in [0.15, 0.2) is 0 Å². The van der Waals surface area contributed by atoms with E-state index in [-0.39, 0.29) is 30.0 Å². The van der Waals surface area contributed by atoms with Gasteiger partial charge in [0.1, 0.15) is 0 Å². The van der Waals surface area contributed by atoms with Crippen molar-refractivity contribution in [2.75, 3.05) is 6.61 Å². The second-order valence-electron chi connectivity index (χ2n) is 5.40. The molecule has 0 spiro atoms. The molecule has 2 rings (SSSR count). The fourth-order valence-corrected chi connectivity index (χ4v) is 2.76. The van der Waals surface area contributed by atoms with E-state index in [1.807, 2.05) is 0 Å². The van der Waals surface area contributed by atoms with Crippen molar-refractivity contribution < 1.29 is 9.90 Å². The molecule has 0 radical (unpaired) electrons. The highest BCUT2D eigenvalue weighted by atomic mass is 16.3. The molecule has 2 unspecified atom stereocenters. The lowest BCUT2D eigenvalue weighted by atomic mass is 9.76. The first-order valence-corrected chi connectivity index (χ1v) is 6.34. The van der Waals surface area contributed by atoms with Crippen LogP contribution in [-0.2, 0) is 4.79 Å². The maximum absolute atomic E-state index is 12.0. The van der Waals surface area contributed by atoms with Gasteiger partial charge in [-0.15, -0.1) is 0 Å². The number of hydrogen-bond acceptors (Lipinski definition) is 3. The largest absolute Gasteiger partial charge is 0.394 e. The van der Waals surface area contributed by atoms with Gasteiger partial charge in [0, 0.05) is 12.0 Å². The van der Waals surface area contributed by atoms with Gasteiger partial charge in [0.2, 0.25) is 5.91 Å². The molecule has 0 aromatic heterocycles. The van der Waals surface area contributed by atoms with Crippen molar-refractivity contribution in [3.63, 3.8) is 0 Å². The summed E-state index contributed by atoms with van der Waals surface area (Å²) in [7, 11) is 0. The number of nitrogens with one attached hydrogen (secondary N) is 1. The number of aliphatic hydroxyl groups excluding tert-OH is 1. The predicted octanol–water partition coefficient (Wildman–Crippen LogP) is 0.535. The van der Waals surface area contributed by atoms with Gasteiger partial charge in [-0.25, -0.2) is 0 Å². The molecule has 4 nitrogen and oxygen atoms in total. The molecule has 0 saturated heterocycles. The van der Waals surface area contributed by atoms with E-state index < -0.39 is 0 Å². The molecular weight excluding hydrogens is 204 g/mol. The number of nitrogens with two attached hydrogens (primary N) is 1. The molecule has 2 aliphatic carbocycles. The zero-order chi connectivity index (χ0) is 11.6. The Kier molecular flexibility index (Phi) is 3.50. The van der Waals surface area contributed by atoms with Gasteiger partial charge in [-0.2, -0.15) is 0 Å². The molecule has 1 amide bonds. The topological polar surface area (TPSA) is 75.4 Å². The van der Waals surface area contributed by atoms with E-state index in [9.17, 15) is 9.90 Å². The normalized spacial score (nSPS) is 32.9. The molecule has 16 heavy (non-hydrogen) atoms. The fourth-order valence-electron chi connectivity index (χ4n) is 2.76. The number of hydrogen-bond donors (Lipinski definition) is 3. The zero-order valence-corrected chi connectivity index (χ0v) is 9.74. The number of rotatable bonds is 3. The highest BCUT2D eigenvalue weighted by molar-refractivity contribution is 5.79. The van der Waals surface area contributed by atoms with E-state index in [0.717, 1.165) is 44.9 Å². The van der Waals surface area contributed by atoms with Crippen molar-refractivity contribution in [3.8, 4) is 0 Å². The van der Waals surface area contributed by atoms with Crippen LogP contribution in [0.5, 0.6) is 0 Å². The van der Waals surface area contributed by atoms with Crippen LogP contribution in [0.2, 0.25) is 0 Å². The Labute approximate surface area is 96.6 Å². The maximum atomic E-state index is 12.0. The fraction of sp³-hybridized carbons (Fsp3) is 0.917. The second kappa shape index (κ2) is 4.72. The third-order valence-electron chi connectivity index (χ3n) is 4.09. The van der Waals surface area contributed by atoms with E-state index in [2.05, 4.69) is 5.32 Å². The number of amides is 1. The van der Waals surface area contributed by atoms with Crippen molar-refractivity contribution in [3.05, 3.63) is 0 Å². The maximum Gasteiger partial charge on any atom is 0.223 e. The van der Waals surface area contributed by atoms with Crippen LogP contribution in [0.25, 0.3) is 0 Å². The lowest BCUT2D eigenvalue weighted by Gasteiger charge is -2.42. The third-order valence-corrected chi connectivity index (χ3v) is 4.09. The minimum Gasteiger partial charge on any atom is -0.394 e. The molecule has 4 heteroatoms. The summed E-state index contributed by atoms with van der Waals surface area (Å²) in [5.41, 5.74) is 5.57. The van der Waals surface area contributed by atoms with Gasteiger partial charge in [0.25, 0.3) is 0 Å². The van der Waals surface area contributed by atoms with Gasteiger partial charge < -0.3 is 16.2 Å². The predicted molar refractivity (Wildman–Crippen MR) is 61.7 cm³/mol. The van der Waals surface area contributed by atoms with Gasteiger partial charge in [-0.3, -0.25) is 4.79 Å². The third kappa shape index (κ3) is 2.38. The smallest absolute Gasteiger partial charge is 0.223 e. The first kappa shape index (κ1) is 11.9. The van der Waals surface area contributed by atoms with E-state index in [4.69, 9.17) is 5.73 Å². The molecule has 2 fully saturated rings. The molecule has 4 N–H and O–H groups in total. The molecule has 92 valence electrons. The average molecular weight is 226 g/mol. The summed E-state index contributed by atoms with van der Waals surface area (Å²) >= 11 is 0. The van der Waals surface area contributed by atoms with Crippen LogP contribution in [-0.4, -0.2) is 29.2 Å². The van der Waals surface area contributed by atoms with E-state index in [1.54, 1.807) is 0 Å². The summed E-state index contributed by atoms with van der Waals surface area (Å²) in [6.07, 6.45) is 6.75. The number of carbonyl (C=O) groups excluding carboxylic acids is 1. The molecule has 0 aromatic rings. The Bertz CT molecular complexity index is 258. The molecule has 0 aliphatic heterocycles. The van der Waals surface area contributed by atoms with Crippen LogP contribution in [0.1, 0.15) is 44.9 Å². The van der Waals surface area contributed by atoms with Gasteiger partial charge in [0.05, 0.1) is 12.1 Å². The van der Waals surface area contributed by atoms with Crippen LogP contribution >= 0.6 is 0 Å². The summed E-state index contributed by atoms with van der Waals surface area (Å²) in [5.74, 6) is 0.164. The van der Waals surface area contributed by atoms with Crippen molar-refractivity contribution in [1.29, 1.82) is 0 Å². The minimum atomic E-state index is -0.307. The van der Waals surface area contributed by atoms with E-state index in [0.29, 0.717) is 0 Å². The first-order valence-electron chi connectivity index (χ1n) is 6.34. The van der Waals surface area contributed by atoms with Crippen LogP contribution in [0.3, 0.4) is 0 Å². The monoisotopic (exact) mass is 226 g/mol. The average Bonchev–Trinajstić information content (AvgIpc) is 2.23. The molecular formula is C12H22N2O2. The first-order chi connectivity index (χ1) is 7.65. The van der Waals surface area contributed by atoms with Crippen LogP contribution < -0.4 is 11.1 Å². The Morgan fingerprint density at radius 1 is 1.38 bits per heavy atom. The SMILES string of the molecule is NC1CCCC(C(=O)NC2(CO)CCC2)C1. The number of carbonyl (C=O) groups is 1. The molecule has 2 atom stereocenters. The van der Waals surface area contributed by atoms with Crippen LogP contribution in [0.4, 0.5) is 0 Å². The Balaban J connectivity index is 1.87. The van der Waals surface area contributed by atoms with E-state index >= 15 is 0 Å². The van der Waals surface area contributed by atoms with Crippen molar-refractivity contribution in [1.82, 2.24) is 5.32 Å². The highest BCUT2D eigenvalue weighted by Gasteiger charge is 2.39. The van der Waals surface area contributed by atoms with Crippen molar-refractivity contribution >= 4 is 5.91 Å². The summed E-state index contributed by atoms with van der Waals surface area (Å²) in [6, 6.07) is 0.177. The molecule has 2 aliphatic rings. The number of aliphatic hydroxyl groups is 1. The lowest BCUT2D eigenvalue weighted by Crippen LogP contribution is -2.58. The lowest BCUT2D eigenvalue weighted by molar-refractivity contribution is -0.130. The molecule has 0 aromatic carbocycles. The summed E-state index contributed by atoms with van der Waals surface area (Å²) < 4.78 is 0. The molecule has 2 saturated carbocycles. The van der Waals surface area contributed by atoms with Crippen LogP contribution in [0.15, 0.2) is 0 Å². The Hall–Kier alpha value is -0.610. The summed E-state index contributed by atoms with van der Waals surface area (Å²) in [4.78, 5) is 12.0. The van der Waals surface area contributed by atoms with Gasteiger partial charge in [-0.1, -0.05) is 6.42 Å². The Morgan fingerprint density at radius 3 is 2.62 bits per heavy atom. The highest BCUT2D eigenvalue weighted by Crippen LogP contribution is 2.32. The molecule has 0 bridgehead atoms. The van der Waals surface area contributed by atoms with Gasteiger partial charge in [-0.05, 0) is 38.5 Å². The van der Waals surface area contributed by atoms with Crippen molar-refractivity contribution in [2.45, 2.75) is 56.5 Å². The molecule has 0 heterocycles. The summed E-state index contributed by atoms with van der Waals surface area (Å²) in [6.45, 7) is 0.0670. The second-order valence-corrected chi connectivity index (χ2v) is 5.40. The Morgan fingerprint density at radius 2 is 2.12 bits per heavy atom. The summed E-state index contributed by atoms with van der Waals surface area (Å²) in [5, 5.41) is 12.3. The minimum absolute atomic E-state index is 0.0628. The quantitative estimate of drug-likeness (QED) is 0.657. The van der Waals surface area contributed by atoms with Gasteiger partial charge >= 0.3 is 0 Å². The van der Waals surface area contributed by atoms with Crippen molar-refractivity contribution in [2.24, 2.45) is 11.7 Å². The zero-order valence-electron chi connectivity index (χ0n) is 9.74. The van der Waals surface area contributed by atoms with Crippen LogP contribution in [0, 0.1) is 5.92 Å².